The molecule has 0 aliphatic heterocycles. The monoisotopic (exact) mass is 191 g/mol. The Hall–Kier alpha value is -1.69. The largest absolute Gasteiger partial charge is 0.508 e. The van der Waals surface area contributed by atoms with E-state index in [1.54, 1.807) is 24.3 Å². The molecule has 0 aliphatic rings. The first kappa shape index (κ1) is 10.4. The van der Waals surface area contributed by atoms with Crippen molar-refractivity contribution in [3.63, 3.8) is 0 Å². The average molecular weight is 191 g/mol. The fourth-order valence-corrected chi connectivity index (χ4v) is 1.12. The minimum absolute atomic E-state index is 0.00329. The van der Waals surface area contributed by atoms with E-state index in [1.807, 2.05) is 6.92 Å². The zero-order chi connectivity index (χ0) is 10.4. The lowest BCUT2D eigenvalue weighted by Gasteiger charge is -2.12. The molecule has 1 unspecified atom stereocenters. The molecule has 1 aromatic carbocycles. The highest BCUT2D eigenvalue weighted by atomic mass is 16.5. The minimum Gasteiger partial charge on any atom is -0.508 e. The number of hydrogen-bond donors (Lipinski definition) is 1. The van der Waals surface area contributed by atoms with Crippen LogP contribution in [0.2, 0.25) is 0 Å². The Kier molecular flexibility index (Phi) is 3.81. The fourth-order valence-electron chi connectivity index (χ4n) is 1.12. The van der Waals surface area contributed by atoms with Gasteiger partial charge in [0, 0.05) is 12.5 Å². The maximum Gasteiger partial charge on any atom is 0.123 e. The summed E-state index contributed by atoms with van der Waals surface area (Å²) in [4.78, 5) is 0. The molecule has 0 amide bonds. The average Bonchev–Trinajstić information content (AvgIpc) is 2.15. The highest BCUT2D eigenvalue weighted by molar-refractivity contribution is 5.31. The third-order valence-electron chi connectivity index (χ3n) is 1.82. The van der Waals surface area contributed by atoms with Crippen LogP contribution in [-0.2, 0) is 0 Å². The van der Waals surface area contributed by atoms with Gasteiger partial charge >= 0.3 is 0 Å². The smallest absolute Gasteiger partial charge is 0.123 e. The van der Waals surface area contributed by atoms with E-state index in [-0.39, 0.29) is 11.9 Å². The molecule has 0 radical (unpaired) electrons. The Morgan fingerprint density at radius 1 is 1.57 bits per heavy atom. The van der Waals surface area contributed by atoms with Gasteiger partial charge in [0.05, 0.1) is 12.2 Å². The maximum atomic E-state index is 9.17. The molecule has 0 fully saturated rings. The van der Waals surface area contributed by atoms with E-state index in [0.717, 1.165) is 0 Å². The van der Waals surface area contributed by atoms with E-state index < -0.39 is 0 Å². The first-order valence-electron chi connectivity index (χ1n) is 4.55. The van der Waals surface area contributed by atoms with Gasteiger partial charge in [0.25, 0.3) is 0 Å². The molecule has 0 heterocycles. The Labute approximate surface area is 83.6 Å². The molecular weight excluding hydrogens is 178 g/mol. The highest BCUT2D eigenvalue weighted by Gasteiger charge is 2.03. The first-order chi connectivity index (χ1) is 6.72. The van der Waals surface area contributed by atoms with Crippen LogP contribution in [0, 0.1) is 11.3 Å². The van der Waals surface area contributed by atoms with Gasteiger partial charge in [-0.15, -0.1) is 0 Å². The number of phenolic OH excluding ortho intramolecular Hbond substituents is 1. The third kappa shape index (κ3) is 3.36. The maximum absolute atomic E-state index is 9.17. The molecule has 1 rings (SSSR count). The molecule has 0 saturated heterocycles. The number of phenols is 1. The molecule has 1 N–H and O–H groups in total. The zero-order valence-electron chi connectivity index (χ0n) is 8.10. The van der Waals surface area contributed by atoms with Crippen LogP contribution in [0.25, 0.3) is 0 Å². The summed E-state index contributed by atoms with van der Waals surface area (Å²) < 4.78 is 5.49. The molecule has 3 nitrogen and oxygen atoms in total. The van der Waals surface area contributed by atoms with Crippen LogP contribution in [0.5, 0.6) is 11.5 Å². The SMILES string of the molecule is CC(CCC#N)Oc1cccc(O)c1. The molecule has 0 spiro atoms. The molecule has 0 aliphatic carbocycles. The van der Waals surface area contributed by atoms with Crippen LogP contribution in [0.4, 0.5) is 0 Å². The van der Waals surface area contributed by atoms with Crippen molar-refractivity contribution in [1.82, 2.24) is 0 Å². The van der Waals surface area contributed by atoms with Crippen molar-refractivity contribution in [3.05, 3.63) is 24.3 Å². The first-order valence-corrected chi connectivity index (χ1v) is 4.55. The molecule has 3 heteroatoms. The number of benzene rings is 1. The highest BCUT2D eigenvalue weighted by Crippen LogP contribution is 2.19. The van der Waals surface area contributed by atoms with E-state index in [2.05, 4.69) is 6.07 Å². The lowest BCUT2D eigenvalue weighted by atomic mass is 10.2. The molecular formula is C11H13NO2. The van der Waals surface area contributed by atoms with Crippen LogP contribution >= 0.6 is 0 Å². The molecule has 74 valence electrons. The summed E-state index contributed by atoms with van der Waals surface area (Å²) in [5.74, 6) is 0.824. The van der Waals surface area contributed by atoms with Gasteiger partial charge in [-0.05, 0) is 25.5 Å². The summed E-state index contributed by atoms with van der Waals surface area (Å²) in [5, 5.41) is 17.5. The van der Waals surface area contributed by atoms with Crippen molar-refractivity contribution < 1.29 is 9.84 Å². The van der Waals surface area contributed by atoms with E-state index in [1.165, 1.54) is 0 Å². The zero-order valence-corrected chi connectivity index (χ0v) is 8.10. The second-order valence-corrected chi connectivity index (χ2v) is 3.12. The molecule has 0 aromatic heterocycles. The van der Waals surface area contributed by atoms with Gasteiger partial charge in [0.15, 0.2) is 0 Å². The van der Waals surface area contributed by atoms with Crippen molar-refractivity contribution in [3.8, 4) is 17.6 Å². The number of hydrogen-bond acceptors (Lipinski definition) is 3. The van der Waals surface area contributed by atoms with Gasteiger partial charge < -0.3 is 9.84 Å². The van der Waals surface area contributed by atoms with Crippen LogP contribution in [0.15, 0.2) is 24.3 Å². The van der Waals surface area contributed by atoms with E-state index in [4.69, 9.17) is 15.1 Å². The molecule has 1 aromatic rings. The summed E-state index contributed by atoms with van der Waals surface area (Å²) in [6, 6.07) is 8.72. The van der Waals surface area contributed by atoms with Gasteiger partial charge in [0.2, 0.25) is 0 Å². The van der Waals surface area contributed by atoms with E-state index in [0.29, 0.717) is 18.6 Å². The molecule has 14 heavy (non-hydrogen) atoms. The summed E-state index contributed by atoms with van der Waals surface area (Å²) in [6.07, 6.45) is 1.18. The van der Waals surface area contributed by atoms with E-state index >= 15 is 0 Å². The van der Waals surface area contributed by atoms with Crippen LogP contribution in [-0.4, -0.2) is 11.2 Å². The predicted octanol–water partition coefficient (Wildman–Crippen LogP) is 2.46. The Morgan fingerprint density at radius 2 is 2.36 bits per heavy atom. The fraction of sp³-hybridized carbons (Fsp3) is 0.364. The number of nitrogens with zero attached hydrogens (tertiary/aromatic N) is 1. The van der Waals surface area contributed by atoms with Gasteiger partial charge in [-0.25, -0.2) is 0 Å². The Bertz CT molecular complexity index is 330. The molecule has 1 atom stereocenters. The minimum atomic E-state index is -0.00329. The van der Waals surface area contributed by atoms with Crippen molar-refractivity contribution in [2.24, 2.45) is 0 Å². The standard InChI is InChI=1S/C11H13NO2/c1-9(4-3-7-12)14-11-6-2-5-10(13)8-11/h2,5-6,8-9,13H,3-4H2,1H3. The number of nitriles is 1. The van der Waals surface area contributed by atoms with Crippen molar-refractivity contribution in [2.75, 3.05) is 0 Å². The second kappa shape index (κ2) is 5.13. The summed E-state index contributed by atoms with van der Waals surface area (Å²) in [5.41, 5.74) is 0. The number of aromatic hydroxyl groups is 1. The van der Waals surface area contributed by atoms with Crippen LogP contribution in [0.3, 0.4) is 0 Å². The van der Waals surface area contributed by atoms with Gasteiger partial charge in [0.1, 0.15) is 11.5 Å². The summed E-state index contributed by atoms with van der Waals surface area (Å²) in [7, 11) is 0. The number of rotatable bonds is 4. The van der Waals surface area contributed by atoms with Gasteiger partial charge in [-0.1, -0.05) is 6.07 Å². The van der Waals surface area contributed by atoms with Crippen molar-refractivity contribution in [2.45, 2.75) is 25.9 Å². The normalized spacial score (nSPS) is 11.7. The molecule has 0 saturated carbocycles. The van der Waals surface area contributed by atoms with Crippen molar-refractivity contribution >= 4 is 0 Å². The lowest BCUT2D eigenvalue weighted by Crippen LogP contribution is -2.10. The lowest BCUT2D eigenvalue weighted by molar-refractivity contribution is 0.212. The Balaban J connectivity index is 2.48. The second-order valence-electron chi connectivity index (χ2n) is 3.12. The van der Waals surface area contributed by atoms with Gasteiger partial charge in [-0.3, -0.25) is 0 Å². The summed E-state index contributed by atoms with van der Waals surface area (Å²) in [6.45, 7) is 1.90. The third-order valence-corrected chi connectivity index (χ3v) is 1.82. The van der Waals surface area contributed by atoms with Crippen molar-refractivity contribution in [1.29, 1.82) is 5.26 Å². The van der Waals surface area contributed by atoms with Crippen LogP contribution in [0.1, 0.15) is 19.8 Å². The van der Waals surface area contributed by atoms with Crippen LogP contribution < -0.4 is 4.74 Å². The summed E-state index contributed by atoms with van der Waals surface area (Å²) >= 11 is 0. The Morgan fingerprint density at radius 3 is 3.00 bits per heavy atom. The predicted molar refractivity (Wildman–Crippen MR) is 53.0 cm³/mol. The molecule has 0 bridgehead atoms. The quantitative estimate of drug-likeness (QED) is 0.795. The number of ether oxygens (including phenoxy) is 1. The van der Waals surface area contributed by atoms with E-state index in [9.17, 15) is 0 Å². The van der Waals surface area contributed by atoms with Gasteiger partial charge in [-0.2, -0.15) is 5.26 Å². The topological polar surface area (TPSA) is 53.2 Å².